The summed E-state index contributed by atoms with van der Waals surface area (Å²) in [7, 11) is 0.386. The van der Waals surface area contributed by atoms with Gasteiger partial charge in [-0.25, -0.2) is 0 Å². The number of ether oxygens (including phenoxy) is 7. The van der Waals surface area contributed by atoms with Gasteiger partial charge in [-0.05, 0) is 66.1 Å². The Morgan fingerprint density at radius 1 is 0.837 bits per heavy atom. The van der Waals surface area contributed by atoms with Crippen LogP contribution < -0.4 is 27.9 Å². The number of aryl methyl sites for hydroxylation is 1. The van der Waals surface area contributed by atoms with Crippen LogP contribution in [0.25, 0.3) is 0 Å². The third-order valence-corrected chi connectivity index (χ3v) is 11.0. The molecule has 1 fully saturated rings. The van der Waals surface area contributed by atoms with E-state index < -0.39 is 38.9 Å². The second-order valence-electron chi connectivity index (χ2n) is 11.9. The second-order valence-corrected chi connectivity index (χ2v) is 14.1. The van der Waals surface area contributed by atoms with Crippen molar-refractivity contribution in [2.75, 3.05) is 34.7 Å². The maximum absolute atomic E-state index is 13.7. The van der Waals surface area contributed by atoms with Gasteiger partial charge >= 0.3 is 16.1 Å². The molecular formula is C36H33ClO11S. The van der Waals surface area contributed by atoms with Crippen LogP contribution >= 0.6 is 11.6 Å². The Kier molecular flexibility index (Phi) is 8.50. The predicted molar refractivity (Wildman–Crippen MR) is 177 cm³/mol. The monoisotopic (exact) mass is 708 g/mol. The van der Waals surface area contributed by atoms with Gasteiger partial charge in [0.05, 0.1) is 46.6 Å². The van der Waals surface area contributed by atoms with Crippen LogP contribution in [0.1, 0.15) is 39.8 Å². The summed E-state index contributed by atoms with van der Waals surface area (Å²) in [5.74, 6) is 0.215. The highest BCUT2D eigenvalue weighted by atomic mass is 35.5. The summed E-state index contributed by atoms with van der Waals surface area (Å²) in [4.78, 5) is 12.1. The Balaban J connectivity index is 1.30. The number of hydrogen-bond donors (Lipinski definition) is 0. The molecule has 11 nitrogen and oxygen atoms in total. The minimum atomic E-state index is -4.14. The lowest BCUT2D eigenvalue weighted by Crippen LogP contribution is -2.48. The summed E-state index contributed by atoms with van der Waals surface area (Å²) in [6, 6.07) is 20.3. The molecule has 0 N–H and O–H groups in total. The van der Waals surface area contributed by atoms with Crippen LogP contribution in [-0.2, 0) is 31.0 Å². The maximum Gasteiger partial charge on any atom is 0.339 e. The zero-order chi connectivity index (χ0) is 34.5. The lowest BCUT2D eigenvalue weighted by molar-refractivity contribution is -0.140. The van der Waals surface area contributed by atoms with Crippen LogP contribution in [0.2, 0.25) is 0 Å². The summed E-state index contributed by atoms with van der Waals surface area (Å²) in [5, 5.41) is 0. The van der Waals surface area contributed by atoms with Gasteiger partial charge in [-0.3, -0.25) is 4.79 Å². The van der Waals surface area contributed by atoms with Gasteiger partial charge in [0.1, 0.15) is 10.6 Å². The lowest BCUT2D eigenvalue weighted by Gasteiger charge is -2.43. The van der Waals surface area contributed by atoms with Gasteiger partial charge in [0, 0.05) is 11.5 Å². The summed E-state index contributed by atoms with van der Waals surface area (Å²) < 4.78 is 72.6. The number of para-hydroxylation sites is 1. The summed E-state index contributed by atoms with van der Waals surface area (Å²) >= 11 is 7.50. The molecule has 13 heteroatoms. The molecule has 7 rings (SSSR count). The topological polar surface area (TPSA) is 125 Å². The van der Waals surface area contributed by atoms with Crippen molar-refractivity contribution in [2.24, 2.45) is 5.92 Å². The highest BCUT2D eigenvalue weighted by Gasteiger charge is 2.64. The molecule has 0 bridgehead atoms. The number of hydrogen-bond acceptors (Lipinski definition) is 11. The van der Waals surface area contributed by atoms with Crippen LogP contribution in [0.5, 0.6) is 34.5 Å². The number of rotatable bonds is 10. The van der Waals surface area contributed by atoms with Crippen molar-refractivity contribution < 1.29 is 50.6 Å². The average Bonchev–Trinajstić information content (AvgIpc) is 3.68. The van der Waals surface area contributed by atoms with Crippen LogP contribution in [-0.4, -0.2) is 54.0 Å². The first-order chi connectivity index (χ1) is 23.6. The van der Waals surface area contributed by atoms with Crippen molar-refractivity contribution in [2.45, 2.75) is 35.3 Å². The van der Waals surface area contributed by atoms with E-state index in [-0.39, 0.29) is 30.7 Å². The van der Waals surface area contributed by atoms with Crippen molar-refractivity contribution in [3.63, 3.8) is 0 Å². The number of cyclic esters (lactones) is 1. The van der Waals surface area contributed by atoms with Crippen LogP contribution in [0, 0.1) is 12.8 Å². The van der Waals surface area contributed by atoms with Gasteiger partial charge in [-0.15, -0.1) is 11.6 Å². The molecule has 0 spiro atoms. The Hall–Kier alpha value is -4.65. The van der Waals surface area contributed by atoms with E-state index in [4.69, 9.17) is 48.9 Å². The third-order valence-electron chi connectivity index (χ3n) is 9.15. The van der Waals surface area contributed by atoms with Crippen LogP contribution in [0.15, 0.2) is 77.7 Å². The van der Waals surface area contributed by atoms with Gasteiger partial charge in [0.25, 0.3) is 0 Å². The van der Waals surface area contributed by atoms with E-state index in [1.54, 1.807) is 54.6 Å². The van der Waals surface area contributed by atoms with Crippen LogP contribution in [0.3, 0.4) is 0 Å². The fourth-order valence-corrected chi connectivity index (χ4v) is 8.19. The first-order valence-corrected chi connectivity index (χ1v) is 17.2. The molecule has 0 radical (unpaired) electrons. The standard InChI is InChI=1S/C36H33ClO11S/c1-20-9-11-23(12-10-20)49(39,40)48-27-8-6-5-7-21(27)17-44-33-25-16-29-28(46-19-47-29)15-24(25)32(36(37)26(33)18-45-35(36)38)22-13-30(41-2)34(43-4)31(14-22)42-3/h5-16,26,32-33H,17-19H2,1-4H3/t26-,32-,33+,36-/m1/s1. The normalized spacial score (nSPS) is 22.1. The third kappa shape index (κ3) is 5.57. The number of fused-ring (bicyclic) bond motifs is 3. The van der Waals surface area contributed by atoms with Crippen molar-refractivity contribution in [1.29, 1.82) is 0 Å². The van der Waals surface area contributed by atoms with Crippen molar-refractivity contribution in [3.05, 3.63) is 101 Å². The zero-order valence-electron chi connectivity index (χ0n) is 27.1. The molecule has 0 amide bonds. The minimum absolute atomic E-state index is 0.0241. The SMILES string of the molecule is COc1cc([C@@H]2c3cc4c(cc3[C@H](OCc3ccccc3OS(=O)(=O)c3ccc(C)cc3)[C@H]3COC(=O)[C@]23Cl)OCO4)cc(OC)c1OC. The molecule has 2 heterocycles. The summed E-state index contributed by atoms with van der Waals surface area (Å²) in [6.07, 6.45) is -0.784. The van der Waals surface area contributed by atoms with E-state index in [2.05, 4.69) is 0 Å². The van der Waals surface area contributed by atoms with E-state index in [1.165, 1.54) is 33.5 Å². The number of halogens is 1. The van der Waals surface area contributed by atoms with Gasteiger partial charge in [-0.1, -0.05) is 35.9 Å². The zero-order valence-corrected chi connectivity index (χ0v) is 28.6. The fraction of sp³-hybridized carbons (Fsp3) is 0.306. The number of carbonyl (C=O) groups is 1. The highest BCUT2D eigenvalue weighted by molar-refractivity contribution is 7.87. The van der Waals surface area contributed by atoms with Gasteiger partial charge in [0.15, 0.2) is 27.9 Å². The first kappa shape index (κ1) is 32.9. The molecule has 0 aromatic heterocycles. The number of benzene rings is 4. The lowest BCUT2D eigenvalue weighted by atomic mass is 9.65. The van der Waals surface area contributed by atoms with Gasteiger partial charge < -0.3 is 37.3 Å². The molecule has 49 heavy (non-hydrogen) atoms. The minimum Gasteiger partial charge on any atom is -0.493 e. The molecule has 1 saturated heterocycles. The van der Waals surface area contributed by atoms with E-state index in [0.717, 1.165) is 5.56 Å². The largest absolute Gasteiger partial charge is 0.493 e. The summed E-state index contributed by atoms with van der Waals surface area (Å²) in [5.41, 5.74) is 3.36. The maximum atomic E-state index is 13.7. The first-order valence-electron chi connectivity index (χ1n) is 15.4. The number of carbonyl (C=O) groups excluding carboxylic acids is 1. The van der Waals surface area contributed by atoms with Crippen molar-refractivity contribution in [1.82, 2.24) is 0 Å². The molecule has 2 aliphatic heterocycles. The second kappa shape index (κ2) is 12.7. The quantitative estimate of drug-likeness (QED) is 0.108. The Bertz CT molecular complexity index is 2010. The molecule has 4 aromatic rings. The molecule has 3 aliphatic rings. The molecule has 4 aromatic carbocycles. The van der Waals surface area contributed by atoms with Gasteiger partial charge in [-0.2, -0.15) is 8.42 Å². The number of esters is 1. The Labute approximate surface area is 288 Å². The van der Waals surface area contributed by atoms with E-state index >= 15 is 0 Å². The van der Waals surface area contributed by atoms with Gasteiger partial charge in [0.2, 0.25) is 12.5 Å². The van der Waals surface area contributed by atoms with Crippen molar-refractivity contribution >= 4 is 27.7 Å². The molecule has 0 saturated carbocycles. The highest BCUT2D eigenvalue weighted by Crippen LogP contribution is 2.61. The Morgan fingerprint density at radius 2 is 1.49 bits per heavy atom. The predicted octanol–water partition coefficient (Wildman–Crippen LogP) is 6.07. The Morgan fingerprint density at radius 3 is 2.14 bits per heavy atom. The summed E-state index contributed by atoms with van der Waals surface area (Å²) in [6.45, 7) is 1.79. The molecule has 4 atom stereocenters. The van der Waals surface area contributed by atoms with E-state index in [0.29, 0.717) is 51.0 Å². The average molecular weight is 709 g/mol. The molecular weight excluding hydrogens is 676 g/mol. The van der Waals surface area contributed by atoms with E-state index in [1.807, 2.05) is 13.0 Å². The molecule has 1 aliphatic carbocycles. The smallest absolute Gasteiger partial charge is 0.339 e. The van der Waals surface area contributed by atoms with Crippen molar-refractivity contribution in [3.8, 4) is 34.5 Å². The van der Waals surface area contributed by atoms with E-state index in [9.17, 15) is 13.2 Å². The molecule has 0 unspecified atom stereocenters. The number of methoxy groups -OCH3 is 3. The van der Waals surface area contributed by atoms with Crippen LogP contribution in [0.4, 0.5) is 0 Å². The molecule has 256 valence electrons. The number of alkyl halides is 1. The fourth-order valence-electron chi connectivity index (χ4n) is 6.75.